The molecule has 1 aliphatic heterocycles. The van der Waals surface area contributed by atoms with Crippen LogP contribution in [-0.2, 0) is 0 Å². The maximum absolute atomic E-state index is 12.5. The summed E-state index contributed by atoms with van der Waals surface area (Å²) in [7, 11) is 1.96. The molecule has 0 saturated carbocycles. The molecule has 1 aliphatic rings. The van der Waals surface area contributed by atoms with Crippen LogP contribution in [0.1, 0.15) is 28.8 Å². The number of nitrogens with one attached hydrogen (secondary N) is 1. The van der Waals surface area contributed by atoms with Crippen LogP contribution < -0.4 is 5.32 Å². The summed E-state index contributed by atoms with van der Waals surface area (Å²) in [6.45, 7) is 3.66. The molecule has 2 rings (SSSR count). The smallest absolute Gasteiger partial charge is 0.254 e. The van der Waals surface area contributed by atoms with Crippen molar-refractivity contribution in [2.45, 2.75) is 25.8 Å². The number of benzene rings is 1. The molecule has 0 radical (unpaired) electrons. The van der Waals surface area contributed by atoms with Crippen molar-refractivity contribution < 1.29 is 4.79 Å². The minimum Gasteiger partial charge on any atom is -0.337 e. The molecule has 1 heterocycles. The summed E-state index contributed by atoms with van der Waals surface area (Å²) in [5.41, 5.74) is 1.84. The van der Waals surface area contributed by atoms with Crippen LogP contribution in [0, 0.1) is 6.92 Å². The minimum atomic E-state index is 0.153. The Hall–Kier alpha value is -0.870. The summed E-state index contributed by atoms with van der Waals surface area (Å²) in [5.74, 6) is 0.153. The standard InChI is InChI=1S/C14H19BrN2O/c1-10-8-11(15)5-6-13(10)14(18)17-7-3-4-12(9-17)16-2/h5-6,8,12,16H,3-4,7,9H2,1-2H3/t12-/m1/s1. The molecule has 0 spiro atoms. The first-order valence-electron chi connectivity index (χ1n) is 6.34. The van der Waals surface area contributed by atoms with Crippen molar-refractivity contribution in [1.82, 2.24) is 10.2 Å². The van der Waals surface area contributed by atoms with Gasteiger partial charge in [0.1, 0.15) is 0 Å². The summed E-state index contributed by atoms with van der Waals surface area (Å²) in [6, 6.07) is 6.26. The number of carbonyl (C=O) groups excluding carboxylic acids is 1. The number of nitrogens with zero attached hydrogens (tertiary/aromatic N) is 1. The van der Waals surface area contributed by atoms with Crippen molar-refractivity contribution in [3.05, 3.63) is 33.8 Å². The zero-order valence-electron chi connectivity index (χ0n) is 10.9. The number of hydrogen-bond donors (Lipinski definition) is 1. The Bertz CT molecular complexity index is 447. The van der Waals surface area contributed by atoms with E-state index < -0.39 is 0 Å². The second-order valence-electron chi connectivity index (χ2n) is 4.84. The fourth-order valence-electron chi connectivity index (χ4n) is 2.43. The van der Waals surface area contributed by atoms with E-state index in [4.69, 9.17) is 0 Å². The van der Waals surface area contributed by atoms with Crippen molar-refractivity contribution >= 4 is 21.8 Å². The SMILES string of the molecule is CN[C@@H]1CCCN(C(=O)c2ccc(Br)cc2C)C1. The van der Waals surface area contributed by atoms with Crippen molar-refractivity contribution in [2.24, 2.45) is 0 Å². The van der Waals surface area contributed by atoms with Gasteiger partial charge in [0.15, 0.2) is 0 Å². The van der Waals surface area contributed by atoms with Crippen LogP contribution in [0.25, 0.3) is 0 Å². The van der Waals surface area contributed by atoms with Gasteiger partial charge in [-0.1, -0.05) is 15.9 Å². The monoisotopic (exact) mass is 310 g/mol. The largest absolute Gasteiger partial charge is 0.337 e. The predicted octanol–water partition coefficient (Wildman–Crippen LogP) is 2.58. The quantitative estimate of drug-likeness (QED) is 0.910. The highest BCUT2D eigenvalue weighted by molar-refractivity contribution is 9.10. The van der Waals surface area contributed by atoms with Crippen LogP contribution in [-0.4, -0.2) is 37.0 Å². The summed E-state index contributed by atoms with van der Waals surface area (Å²) >= 11 is 3.43. The average Bonchev–Trinajstić information content (AvgIpc) is 2.38. The van der Waals surface area contributed by atoms with E-state index in [-0.39, 0.29) is 5.91 Å². The lowest BCUT2D eigenvalue weighted by Crippen LogP contribution is -2.47. The molecular weight excluding hydrogens is 292 g/mol. The molecule has 4 heteroatoms. The Morgan fingerprint density at radius 2 is 2.28 bits per heavy atom. The van der Waals surface area contributed by atoms with Crippen molar-refractivity contribution in [1.29, 1.82) is 0 Å². The Morgan fingerprint density at radius 1 is 1.50 bits per heavy atom. The number of likely N-dealkylation sites (tertiary alicyclic amines) is 1. The lowest BCUT2D eigenvalue weighted by molar-refractivity contribution is 0.0697. The van der Waals surface area contributed by atoms with Gasteiger partial charge in [0.2, 0.25) is 0 Å². The Balaban J connectivity index is 2.15. The van der Waals surface area contributed by atoms with Gasteiger partial charge in [-0.25, -0.2) is 0 Å². The molecule has 0 aromatic heterocycles. The number of carbonyl (C=O) groups is 1. The van der Waals surface area contributed by atoms with Gasteiger partial charge in [-0.3, -0.25) is 4.79 Å². The van der Waals surface area contributed by atoms with Crippen molar-refractivity contribution in [3.63, 3.8) is 0 Å². The third-order valence-electron chi connectivity index (χ3n) is 3.54. The van der Waals surface area contributed by atoms with E-state index in [1.165, 1.54) is 0 Å². The molecule has 1 N–H and O–H groups in total. The van der Waals surface area contributed by atoms with E-state index in [2.05, 4.69) is 21.2 Å². The van der Waals surface area contributed by atoms with Gasteiger partial charge in [0.25, 0.3) is 5.91 Å². The van der Waals surface area contributed by atoms with Crippen molar-refractivity contribution in [3.8, 4) is 0 Å². The maximum atomic E-state index is 12.5. The number of aryl methyl sites for hydroxylation is 1. The molecule has 1 amide bonds. The van der Waals surface area contributed by atoms with Gasteiger partial charge in [0, 0.05) is 29.2 Å². The first-order chi connectivity index (χ1) is 8.61. The van der Waals surface area contributed by atoms with E-state index in [0.29, 0.717) is 6.04 Å². The summed E-state index contributed by atoms with van der Waals surface area (Å²) in [6.07, 6.45) is 2.23. The van der Waals surface area contributed by atoms with Crippen LogP contribution in [0.5, 0.6) is 0 Å². The van der Waals surface area contributed by atoms with E-state index in [1.54, 1.807) is 0 Å². The highest BCUT2D eigenvalue weighted by Gasteiger charge is 2.24. The molecule has 18 heavy (non-hydrogen) atoms. The van der Waals surface area contributed by atoms with Gasteiger partial charge < -0.3 is 10.2 Å². The van der Waals surface area contributed by atoms with Gasteiger partial charge in [-0.2, -0.15) is 0 Å². The summed E-state index contributed by atoms with van der Waals surface area (Å²) in [4.78, 5) is 14.4. The highest BCUT2D eigenvalue weighted by Crippen LogP contribution is 2.19. The van der Waals surface area contributed by atoms with Crippen LogP contribution >= 0.6 is 15.9 Å². The van der Waals surface area contributed by atoms with Crippen molar-refractivity contribution in [2.75, 3.05) is 20.1 Å². The zero-order chi connectivity index (χ0) is 13.1. The number of amides is 1. The molecule has 1 fully saturated rings. The lowest BCUT2D eigenvalue weighted by atomic mass is 10.0. The van der Waals surface area contributed by atoms with Gasteiger partial charge >= 0.3 is 0 Å². The predicted molar refractivity (Wildman–Crippen MR) is 76.9 cm³/mol. The molecular formula is C14H19BrN2O. The van der Waals surface area contributed by atoms with Crippen LogP contribution in [0.3, 0.4) is 0 Å². The molecule has 1 aromatic rings. The first kappa shape index (κ1) is 13.6. The Labute approximate surface area is 117 Å². The van der Waals surface area contributed by atoms with Gasteiger partial charge in [-0.15, -0.1) is 0 Å². The second kappa shape index (κ2) is 5.85. The normalized spacial score (nSPS) is 19.9. The molecule has 98 valence electrons. The maximum Gasteiger partial charge on any atom is 0.254 e. The molecule has 3 nitrogen and oxygen atoms in total. The zero-order valence-corrected chi connectivity index (χ0v) is 12.5. The fraction of sp³-hybridized carbons (Fsp3) is 0.500. The lowest BCUT2D eigenvalue weighted by Gasteiger charge is -2.33. The summed E-state index contributed by atoms with van der Waals surface area (Å²) < 4.78 is 1.02. The van der Waals surface area contributed by atoms with E-state index >= 15 is 0 Å². The van der Waals surface area contributed by atoms with E-state index in [0.717, 1.165) is 41.5 Å². The van der Waals surface area contributed by atoms with Crippen LogP contribution in [0.15, 0.2) is 22.7 Å². The van der Waals surface area contributed by atoms with Gasteiger partial charge in [0.05, 0.1) is 0 Å². The molecule has 1 atom stereocenters. The third kappa shape index (κ3) is 2.93. The Kier molecular flexibility index (Phi) is 4.40. The van der Waals surface area contributed by atoms with Gasteiger partial charge in [-0.05, 0) is 50.6 Å². The number of rotatable bonds is 2. The molecule has 1 saturated heterocycles. The number of halogens is 1. The number of hydrogen-bond acceptors (Lipinski definition) is 2. The molecule has 1 aromatic carbocycles. The van der Waals surface area contributed by atoms with Crippen LogP contribution in [0.4, 0.5) is 0 Å². The molecule has 0 unspecified atom stereocenters. The minimum absolute atomic E-state index is 0.153. The topological polar surface area (TPSA) is 32.3 Å². The van der Waals surface area contributed by atoms with Crippen LogP contribution in [0.2, 0.25) is 0 Å². The molecule has 0 aliphatic carbocycles. The number of piperidine rings is 1. The van der Waals surface area contributed by atoms with E-state index in [1.807, 2.05) is 37.1 Å². The number of likely N-dealkylation sites (N-methyl/N-ethyl adjacent to an activating group) is 1. The summed E-state index contributed by atoms with van der Waals surface area (Å²) in [5, 5.41) is 3.26. The average molecular weight is 311 g/mol. The molecule has 0 bridgehead atoms. The second-order valence-corrected chi connectivity index (χ2v) is 5.75. The van der Waals surface area contributed by atoms with E-state index in [9.17, 15) is 4.79 Å². The highest BCUT2D eigenvalue weighted by atomic mass is 79.9. The third-order valence-corrected chi connectivity index (χ3v) is 4.03. The fourth-order valence-corrected chi connectivity index (χ4v) is 2.91. The first-order valence-corrected chi connectivity index (χ1v) is 7.14. The Morgan fingerprint density at radius 3 is 2.94 bits per heavy atom.